The maximum Gasteiger partial charge on any atom is 0.160 e. The Morgan fingerprint density at radius 3 is 1.52 bits per heavy atom. The average molecular weight is 691 g/mol. The highest BCUT2D eigenvalue weighted by Gasteiger charge is 2.19. The van der Waals surface area contributed by atoms with Crippen molar-refractivity contribution in [3.63, 3.8) is 0 Å². The number of para-hydroxylation sites is 2. The van der Waals surface area contributed by atoms with E-state index in [0.29, 0.717) is 5.82 Å². The average Bonchev–Trinajstić information content (AvgIpc) is 3.82. The van der Waals surface area contributed by atoms with E-state index >= 15 is 0 Å². The Hall–Kier alpha value is -7.30. The molecule has 3 aromatic heterocycles. The van der Waals surface area contributed by atoms with Crippen LogP contribution in [0, 0.1) is 0 Å². The summed E-state index contributed by atoms with van der Waals surface area (Å²) in [7, 11) is 0. The molecule has 0 N–H and O–H groups in total. The number of hydrogen-bond donors (Lipinski definition) is 0. The van der Waals surface area contributed by atoms with Crippen LogP contribution >= 0.6 is 0 Å². The first-order chi connectivity index (χ1) is 26.7. The fourth-order valence-electron chi connectivity index (χ4n) is 8.00. The number of benzene rings is 8. The van der Waals surface area contributed by atoms with Crippen molar-refractivity contribution in [1.29, 1.82) is 0 Å². The molecule has 3 heterocycles. The van der Waals surface area contributed by atoms with Gasteiger partial charge in [0.2, 0.25) is 0 Å². The molecule has 8 aromatic carbocycles. The van der Waals surface area contributed by atoms with Crippen molar-refractivity contribution in [1.82, 2.24) is 9.97 Å². The zero-order chi connectivity index (χ0) is 35.6. The molecule has 0 radical (unpaired) electrons. The minimum atomic E-state index is 0.645. The summed E-state index contributed by atoms with van der Waals surface area (Å²) < 4.78 is 12.6. The van der Waals surface area contributed by atoms with E-state index in [0.717, 1.165) is 83.1 Å². The van der Waals surface area contributed by atoms with Gasteiger partial charge in [0.1, 0.15) is 22.3 Å². The van der Waals surface area contributed by atoms with Crippen molar-refractivity contribution in [3.8, 4) is 56.2 Å². The maximum absolute atomic E-state index is 6.31. The first kappa shape index (κ1) is 30.3. The number of fused-ring (bicyclic) bond motifs is 7. The largest absolute Gasteiger partial charge is 0.456 e. The van der Waals surface area contributed by atoms with E-state index in [-0.39, 0.29) is 0 Å². The van der Waals surface area contributed by atoms with Gasteiger partial charge >= 0.3 is 0 Å². The molecule has 0 amide bonds. The Morgan fingerprint density at radius 1 is 0.315 bits per heavy atom. The highest BCUT2D eigenvalue weighted by molar-refractivity contribution is 6.14. The van der Waals surface area contributed by atoms with Crippen LogP contribution in [0.5, 0.6) is 0 Å². The Kier molecular flexibility index (Phi) is 6.82. The third-order valence-corrected chi connectivity index (χ3v) is 10.5. The minimum Gasteiger partial charge on any atom is -0.456 e. The first-order valence-electron chi connectivity index (χ1n) is 18.1. The predicted octanol–water partition coefficient (Wildman–Crippen LogP) is 13.8. The summed E-state index contributed by atoms with van der Waals surface area (Å²) in [5.74, 6) is 0.645. The second-order valence-corrected chi connectivity index (χ2v) is 13.7. The van der Waals surface area contributed by atoms with Crippen LogP contribution in [0.15, 0.2) is 191 Å². The highest BCUT2D eigenvalue weighted by Crippen LogP contribution is 2.41. The van der Waals surface area contributed by atoms with Gasteiger partial charge in [-0.05, 0) is 75.5 Å². The Labute approximate surface area is 310 Å². The van der Waals surface area contributed by atoms with Crippen molar-refractivity contribution >= 4 is 54.6 Å². The Balaban J connectivity index is 1.11. The van der Waals surface area contributed by atoms with Crippen molar-refractivity contribution < 1.29 is 8.83 Å². The van der Waals surface area contributed by atoms with Crippen molar-refractivity contribution in [2.75, 3.05) is 0 Å². The molecular weight excluding hydrogens is 661 g/mol. The number of aromatic nitrogens is 2. The second-order valence-electron chi connectivity index (χ2n) is 13.7. The topological polar surface area (TPSA) is 52.1 Å². The maximum atomic E-state index is 6.31. The summed E-state index contributed by atoms with van der Waals surface area (Å²) in [6.45, 7) is 0. The molecule has 0 aliphatic heterocycles. The van der Waals surface area contributed by atoms with Gasteiger partial charge in [-0.2, -0.15) is 0 Å². The van der Waals surface area contributed by atoms with Gasteiger partial charge in [0.05, 0.1) is 11.4 Å². The van der Waals surface area contributed by atoms with E-state index in [1.807, 2.05) is 48.5 Å². The molecule has 0 aliphatic rings. The van der Waals surface area contributed by atoms with E-state index in [1.54, 1.807) is 0 Å². The highest BCUT2D eigenvalue weighted by atomic mass is 16.3. The monoisotopic (exact) mass is 690 g/mol. The van der Waals surface area contributed by atoms with Crippen LogP contribution in [0.1, 0.15) is 0 Å². The third kappa shape index (κ3) is 4.92. The van der Waals surface area contributed by atoms with Crippen LogP contribution in [0.4, 0.5) is 0 Å². The molecule has 0 spiro atoms. The van der Waals surface area contributed by atoms with Gasteiger partial charge in [0.15, 0.2) is 5.82 Å². The molecule has 0 saturated carbocycles. The second kappa shape index (κ2) is 12.1. The standard InChI is InChI=1S/C50H30N2O2/c1-2-12-31(13-3-1)36-19-9-15-34-28-33(26-27-37(34)36)32-14-8-16-35(29-32)50-51-42(38-20-10-24-46-48(38)40-17-4-6-22-44(40)53-46)30-43(52-50)39-21-11-25-47-49(39)41-18-5-7-23-45(41)54-47/h1-30H. The summed E-state index contributed by atoms with van der Waals surface area (Å²) in [6, 6.07) is 63.2. The molecule has 0 atom stereocenters. The molecule has 252 valence electrons. The lowest BCUT2D eigenvalue weighted by molar-refractivity contribution is 0.668. The van der Waals surface area contributed by atoms with E-state index in [2.05, 4.69) is 133 Å². The van der Waals surface area contributed by atoms with Gasteiger partial charge in [0.25, 0.3) is 0 Å². The number of hydrogen-bond acceptors (Lipinski definition) is 4. The molecule has 4 heteroatoms. The van der Waals surface area contributed by atoms with Crippen molar-refractivity contribution in [3.05, 3.63) is 182 Å². The number of furan rings is 2. The van der Waals surface area contributed by atoms with Crippen LogP contribution in [-0.2, 0) is 0 Å². The summed E-state index contributed by atoms with van der Waals surface area (Å²) in [6.07, 6.45) is 0. The zero-order valence-corrected chi connectivity index (χ0v) is 29.0. The summed E-state index contributed by atoms with van der Waals surface area (Å²) >= 11 is 0. The lowest BCUT2D eigenvalue weighted by Gasteiger charge is -2.12. The van der Waals surface area contributed by atoms with E-state index < -0.39 is 0 Å². The smallest absolute Gasteiger partial charge is 0.160 e. The summed E-state index contributed by atoms with van der Waals surface area (Å²) in [5.41, 5.74) is 12.6. The third-order valence-electron chi connectivity index (χ3n) is 10.5. The molecule has 11 aromatic rings. The van der Waals surface area contributed by atoms with Crippen LogP contribution in [-0.4, -0.2) is 9.97 Å². The summed E-state index contributed by atoms with van der Waals surface area (Å²) in [5, 5.41) is 6.61. The SMILES string of the molecule is c1ccc(-c2cccc3cc(-c4cccc(-c5nc(-c6cccc7oc8ccccc8c67)cc(-c6cccc7oc8ccccc8c67)n5)c4)ccc23)cc1. The molecule has 0 unspecified atom stereocenters. The van der Waals surface area contributed by atoms with E-state index in [1.165, 1.54) is 21.9 Å². The first-order valence-corrected chi connectivity index (χ1v) is 18.1. The Bertz CT molecular complexity index is 3100. The minimum absolute atomic E-state index is 0.645. The van der Waals surface area contributed by atoms with Gasteiger partial charge in [-0.25, -0.2) is 9.97 Å². The molecule has 0 saturated heterocycles. The van der Waals surface area contributed by atoms with Crippen molar-refractivity contribution in [2.24, 2.45) is 0 Å². The molecule has 4 nitrogen and oxygen atoms in total. The van der Waals surface area contributed by atoms with Crippen LogP contribution < -0.4 is 0 Å². The van der Waals surface area contributed by atoms with Gasteiger partial charge < -0.3 is 8.83 Å². The normalized spacial score (nSPS) is 11.7. The van der Waals surface area contributed by atoms with Gasteiger partial charge in [-0.1, -0.05) is 140 Å². The molecule has 0 bridgehead atoms. The van der Waals surface area contributed by atoms with Crippen LogP contribution in [0.2, 0.25) is 0 Å². The van der Waals surface area contributed by atoms with Gasteiger partial charge in [-0.3, -0.25) is 0 Å². The lowest BCUT2D eigenvalue weighted by atomic mass is 9.94. The van der Waals surface area contributed by atoms with E-state index in [9.17, 15) is 0 Å². The fourth-order valence-corrected chi connectivity index (χ4v) is 8.00. The van der Waals surface area contributed by atoms with Crippen LogP contribution in [0.3, 0.4) is 0 Å². The molecule has 54 heavy (non-hydrogen) atoms. The quantitative estimate of drug-likeness (QED) is 0.180. The molecule has 0 aliphatic carbocycles. The van der Waals surface area contributed by atoms with E-state index in [4.69, 9.17) is 18.8 Å². The fraction of sp³-hybridized carbons (Fsp3) is 0. The predicted molar refractivity (Wildman–Crippen MR) is 221 cm³/mol. The van der Waals surface area contributed by atoms with Crippen LogP contribution in [0.25, 0.3) is 111 Å². The number of rotatable bonds is 5. The lowest BCUT2D eigenvalue weighted by Crippen LogP contribution is -1.97. The molecule has 0 fully saturated rings. The van der Waals surface area contributed by atoms with Gasteiger partial charge in [-0.15, -0.1) is 0 Å². The van der Waals surface area contributed by atoms with Gasteiger partial charge in [0, 0.05) is 38.2 Å². The summed E-state index contributed by atoms with van der Waals surface area (Å²) in [4.78, 5) is 10.6. The number of nitrogens with zero attached hydrogens (tertiary/aromatic N) is 2. The molecular formula is C50H30N2O2. The molecule has 11 rings (SSSR count). The Morgan fingerprint density at radius 2 is 0.833 bits per heavy atom. The van der Waals surface area contributed by atoms with Crippen molar-refractivity contribution in [2.45, 2.75) is 0 Å². The zero-order valence-electron chi connectivity index (χ0n) is 29.0.